The molecule has 1 heterocycles. The van der Waals surface area contributed by atoms with Gasteiger partial charge in [-0.1, -0.05) is 48.0 Å². The van der Waals surface area contributed by atoms with E-state index in [1.807, 2.05) is 30.3 Å². The molecule has 1 aromatic rings. The number of nitrogens with zero attached hydrogens (tertiary/aromatic N) is 1. The van der Waals surface area contributed by atoms with Gasteiger partial charge in [-0.3, -0.25) is 14.5 Å². The summed E-state index contributed by atoms with van der Waals surface area (Å²) in [6.45, 7) is 1.90. The monoisotopic (exact) mass is 361 g/mol. The van der Waals surface area contributed by atoms with Crippen molar-refractivity contribution in [2.45, 2.75) is 32.2 Å². The number of allylic oxidation sites excluding steroid dienone is 2. The van der Waals surface area contributed by atoms with Crippen LogP contribution in [0.25, 0.3) is 0 Å². The van der Waals surface area contributed by atoms with Crippen molar-refractivity contribution in [1.29, 1.82) is 0 Å². The first-order valence-electron chi connectivity index (χ1n) is 8.45. The lowest BCUT2D eigenvalue weighted by molar-refractivity contribution is -0.158. The van der Waals surface area contributed by atoms with E-state index in [1.54, 1.807) is 13.0 Å². The van der Waals surface area contributed by atoms with Crippen LogP contribution in [0.5, 0.6) is 0 Å². The lowest BCUT2D eigenvalue weighted by Gasteiger charge is -2.25. The van der Waals surface area contributed by atoms with E-state index in [1.165, 1.54) is 0 Å². The molecule has 1 aromatic carbocycles. The third-order valence-corrected chi connectivity index (χ3v) is 5.05. The second kappa shape index (κ2) is 7.40. The van der Waals surface area contributed by atoms with Gasteiger partial charge in [0.2, 0.25) is 11.8 Å². The van der Waals surface area contributed by atoms with E-state index in [2.05, 4.69) is 0 Å². The van der Waals surface area contributed by atoms with E-state index in [0.29, 0.717) is 17.9 Å². The Hall–Kier alpha value is -2.14. The van der Waals surface area contributed by atoms with Crippen molar-refractivity contribution in [3.63, 3.8) is 0 Å². The molecule has 0 unspecified atom stereocenters. The summed E-state index contributed by atoms with van der Waals surface area (Å²) in [5.74, 6) is -2.08. The number of fused-ring (bicyclic) bond motifs is 1. The number of hydrogen-bond acceptors (Lipinski definition) is 4. The third kappa shape index (κ3) is 3.47. The minimum atomic E-state index is -0.938. The van der Waals surface area contributed by atoms with Crippen LogP contribution in [0.2, 0.25) is 0 Å². The Kier molecular flexibility index (Phi) is 5.23. The van der Waals surface area contributed by atoms with Gasteiger partial charge < -0.3 is 4.74 Å². The number of amides is 2. The lowest BCUT2D eigenvalue weighted by Crippen LogP contribution is -2.47. The maximum Gasteiger partial charge on any atom is 0.329 e. The van der Waals surface area contributed by atoms with Gasteiger partial charge in [0.05, 0.1) is 18.4 Å². The Bertz CT molecular complexity index is 715. The number of imide groups is 1. The summed E-state index contributed by atoms with van der Waals surface area (Å²) in [6, 6.07) is 8.37. The predicted octanol–water partition coefficient (Wildman–Crippen LogP) is 2.68. The maximum atomic E-state index is 12.8. The number of rotatable bonds is 5. The fourth-order valence-corrected chi connectivity index (χ4v) is 3.77. The first kappa shape index (κ1) is 17.7. The maximum absolute atomic E-state index is 12.8. The molecule has 2 amide bonds. The van der Waals surface area contributed by atoms with Crippen LogP contribution in [-0.2, 0) is 25.5 Å². The summed E-state index contributed by atoms with van der Waals surface area (Å²) in [7, 11) is 0. The molecule has 1 saturated heterocycles. The molecule has 25 heavy (non-hydrogen) atoms. The summed E-state index contributed by atoms with van der Waals surface area (Å²) in [4.78, 5) is 39.3. The molecule has 5 nitrogen and oxygen atoms in total. The highest BCUT2D eigenvalue weighted by atomic mass is 35.5. The van der Waals surface area contributed by atoms with Crippen molar-refractivity contribution in [2.75, 3.05) is 6.61 Å². The molecule has 132 valence electrons. The Morgan fingerprint density at radius 3 is 2.60 bits per heavy atom. The van der Waals surface area contributed by atoms with Crippen molar-refractivity contribution >= 4 is 29.4 Å². The molecular weight excluding hydrogens is 342 g/mol. The van der Waals surface area contributed by atoms with E-state index >= 15 is 0 Å². The van der Waals surface area contributed by atoms with Gasteiger partial charge >= 0.3 is 5.97 Å². The minimum Gasteiger partial charge on any atom is -0.464 e. The molecule has 0 N–H and O–H groups in total. The largest absolute Gasteiger partial charge is 0.464 e. The van der Waals surface area contributed by atoms with Crippen molar-refractivity contribution in [1.82, 2.24) is 4.90 Å². The number of esters is 1. The molecule has 0 bridgehead atoms. The number of hydrogen-bond donors (Lipinski definition) is 0. The molecule has 0 spiro atoms. The number of benzene rings is 1. The smallest absolute Gasteiger partial charge is 0.329 e. The molecule has 0 saturated carbocycles. The zero-order chi connectivity index (χ0) is 18.0. The molecule has 3 rings (SSSR count). The van der Waals surface area contributed by atoms with Crippen molar-refractivity contribution in [3.05, 3.63) is 47.0 Å². The fourth-order valence-electron chi connectivity index (χ4n) is 3.52. The first-order chi connectivity index (χ1) is 12.0. The number of halogens is 1. The van der Waals surface area contributed by atoms with E-state index < -0.39 is 23.8 Å². The fraction of sp³-hybridized carbons (Fsp3) is 0.421. The van der Waals surface area contributed by atoms with E-state index in [4.69, 9.17) is 16.3 Å². The van der Waals surface area contributed by atoms with Gasteiger partial charge in [-0.25, -0.2) is 4.79 Å². The van der Waals surface area contributed by atoms with E-state index in [0.717, 1.165) is 10.5 Å². The molecular formula is C19H20ClNO4. The minimum absolute atomic E-state index is 0.195. The van der Waals surface area contributed by atoms with Gasteiger partial charge in [0, 0.05) is 11.5 Å². The molecule has 3 atom stereocenters. The van der Waals surface area contributed by atoms with Crippen molar-refractivity contribution < 1.29 is 19.1 Å². The average molecular weight is 362 g/mol. The van der Waals surface area contributed by atoms with Gasteiger partial charge in [-0.05, 0) is 25.3 Å². The highest BCUT2D eigenvalue weighted by Crippen LogP contribution is 2.40. The highest BCUT2D eigenvalue weighted by Gasteiger charge is 2.52. The summed E-state index contributed by atoms with van der Waals surface area (Å²) in [6.07, 6.45) is 2.82. The Morgan fingerprint density at radius 1 is 1.24 bits per heavy atom. The second-order valence-corrected chi connectivity index (χ2v) is 6.79. The number of likely N-dealkylation sites (tertiary alicyclic amines) is 1. The third-order valence-electron chi connectivity index (χ3n) is 4.75. The zero-order valence-corrected chi connectivity index (χ0v) is 14.7. The van der Waals surface area contributed by atoms with Crippen LogP contribution in [0.3, 0.4) is 0 Å². The molecule has 1 aliphatic heterocycles. The van der Waals surface area contributed by atoms with Gasteiger partial charge in [0.25, 0.3) is 0 Å². The van der Waals surface area contributed by atoms with Crippen LogP contribution < -0.4 is 0 Å². The van der Waals surface area contributed by atoms with E-state index in [9.17, 15) is 14.4 Å². The Morgan fingerprint density at radius 2 is 1.92 bits per heavy atom. The Balaban J connectivity index is 1.89. The van der Waals surface area contributed by atoms with Crippen LogP contribution in [0.1, 0.15) is 25.3 Å². The summed E-state index contributed by atoms with van der Waals surface area (Å²) < 4.78 is 5.14. The molecule has 2 aliphatic rings. The normalized spacial score (nSPS) is 23.9. The van der Waals surface area contributed by atoms with Crippen LogP contribution in [-0.4, -0.2) is 35.3 Å². The second-order valence-electron chi connectivity index (χ2n) is 6.31. The van der Waals surface area contributed by atoms with E-state index in [-0.39, 0.29) is 24.8 Å². The molecule has 1 fully saturated rings. The zero-order valence-electron chi connectivity index (χ0n) is 14.0. The van der Waals surface area contributed by atoms with Crippen LogP contribution >= 0.6 is 11.6 Å². The summed E-state index contributed by atoms with van der Waals surface area (Å²) in [5.41, 5.74) is 0.868. The summed E-state index contributed by atoms with van der Waals surface area (Å²) in [5, 5.41) is 0.597. The quantitative estimate of drug-likeness (QED) is 0.597. The average Bonchev–Trinajstić information content (AvgIpc) is 2.84. The van der Waals surface area contributed by atoms with Crippen molar-refractivity contribution in [3.8, 4) is 0 Å². The molecule has 0 radical (unpaired) electrons. The molecule has 0 aromatic heterocycles. The molecule has 6 heteroatoms. The van der Waals surface area contributed by atoms with Gasteiger partial charge in [0.1, 0.15) is 6.04 Å². The standard InChI is InChI=1S/C19H20ClNO4/c1-2-25-19(24)16(10-12-6-4-3-5-7-12)21-17(22)14-9-8-13(20)11-15(14)18(21)23/h3-8,14-16H,2,9-11H2,1H3/t14-,15-,16+/m1/s1. The van der Waals surface area contributed by atoms with Crippen LogP contribution in [0.15, 0.2) is 41.4 Å². The SMILES string of the molecule is CCOC(=O)[C@H](Cc1ccccc1)N1C(=O)[C@@H]2CC=C(Cl)C[C@H]2C1=O. The first-order valence-corrected chi connectivity index (χ1v) is 8.82. The molecule has 1 aliphatic carbocycles. The lowest BCUT2D eigenvalue weighted by atomic mass is 9.85. The topological polar surface area (TPSA) is 63.7 Å². The number of ether oxygens (including phenoxy) is 1. The number of carbonyl (C=O) groups excluding carboxylic acids is 3. The Labute approximate surface area is 151 Å². The van der Waals surface area contributed by atoms with Crippen LogP contribution in [0, 0.1) is 11.8 Å². The van der Waals surface area contributed by atoms with Crippen LogP contribution in [0.4, 0.5) is 0 Å². The van der Waals surface area contributed by atoms with Gasteiger partial charge in [-0.15, -0.1) is 0 Å². The highest BCUT2D eigenvalue weighted by molar-refractivity contribution is 6.30. The number of carbonyl (C=O) groups is 3. The van der Waals surface area contributed by atoms with Gasteiger partial charge in [0.15, 0.2) is 0 Å². The van der Waals surface area contributed by atoms with Crippen molar-refractivity contribution in [2.24, 2.45) is 11.8 Å². The predicted molar refractivity (Wildman–Crippen MR) is 92.6 cm³/mol. The van der Waals surface area contributed by atoms with Gasteiger partial charge in [-0.2, -0.15) is 0 Å². The summed E-state index contributed by atoms with van der Waals surface area (Å²) >= 11 is 6.05.